The van der Waals surface area contributed by atoms with Crippen molar-refractivity contribution in [1.82, 2.24) is 4.90 Å². The fourth-order valence-corrected chi connectivity index (χ4v) is 2.38. The van der Waals surface area contributed by atoms with Crippen molar-refractivity contribution in [2.45, 2.75) is 45.2 Å². The van der Waals surface area contributed by atoms with Crippen LogP contribution in [0.25, 0.3) is 0 Å². The number of halogens is 3. The fourth-order valence-electron chi connectivity index (χ4n) is 2.38. The molecule has 0 bridgehead atoms. The number of nitrogens with zero attached hydrogens (tertiary/aromatic N) is 1. The molecule has 0 fully saturated rings. The molecule has 4 nitrogen and oxygen atoms in total. The molecule has 0 radical (unpaired) electrons. The fraction of sp³-hybridized carbons (Fsp3) is 0.562. The molecule has 0 saturated carbocycles. The maximum Gasteiger partial charge on any atom is 0.416 e. The van der Waals surface area contributed by atoms with Gasteiger partial charge in [0.25, 0.3) is 0 Å². The molecule has 7 heteroatoms. The van der Waals surface area contributed by atoms with E-state index in [4.69, 9.17) is 9.47 Å². The van der Waals surface area contributed by atoms with Crippen LogP contribution in [0.15, 0.2) is 18.2 Å². The van der Waals surface area contributed by atoms with Gasteiger partial charge in [-0.15, -0.1) is 0 Å². The molecule has 1 aromatic rings. The molecule has 0 saturated heterocycles. The molecule has 0 spiro atoms. The Morgan fingerprint density at radius 2 is 1.96 bits per heavy atom. The predicted octanol–water partition coefficient (Wildman–Crippen LogP) is 4.14. The number of ether oxygens (including phenoxy) is 2. The number of amides is 1. The van der Waals surface area contributed by atoms with Crippen LogP contribution in [-0.4, -0.2) is 30.2 Å². The van der Waals surface area contributed by atoms with Gasteiger partial charge in [-0.1, -0.05) is 6.07 Å². The van der Waals surface area contributed by atoms with Crippen LogP contribution in [0.3, 0.4) is 0 Å². The number of hydrogen-bond acceptors (Lipinski definition) is 3. The predicted molar refractivity (Wildman–Crippen MR) is 77.8 cm³/mol. The van der Waals surface area contributed by atoms with E-state index in [9.17, 15) is 18.0 Å². The first-order chi connectivity index (χ1) is 10.5. The highest BCUT2D eigenvalue weighted by molar-refractivity contribution is 5.68. The van der Waals surface area contributed by atoms with Gasteiger partial charge in [0.1, 0.15) is 5.60 Å². The summed E-state index contributed by atoms with van der Waals surface area (Å²) in [5, 5.41) is 0. The summed E-state index contributed by atoms with van der Waals surface area (Å²) in [6.45, 7) is 5.56. The average Bonchev–Trinajstić information content (AvgIpc) is 2.42. The van der Waals surface area contributed by atoms with Crippen LogP contribution in [-0.2, 0) is 22.3 Å². The van der Waals surface area contributed by atoms with E-state index in [-0.39, 0.29) is 13.2 Å². The standard InChI is InChI=1S/C16H20F3NO3/c1-15(2,3)23-14(21)20(4)13-9-22-8-10-7-11(16(17,18)19)5-6-12(10)13/h5-7,13H,8-9H2,1-4H3. The van der Waals surface area contributed by atoms with Crippen LogP contribution >= 0.6 is 0 Å². The van der Waals surface area contributed by atoms with Gasteiger partial charge in [0.2, 0.25) is 0 Å². The van der Waals surface area contributed by atoms with Crippen molar-refractivity contribution in [2.75, 3.05) is 13.7 Å². The number of fused-ring (bicyclic) bond motifs is 1. The van der Waals surface area contributed by atoms with Gasteiger partial charge >= 0.3 is 12.3 Å². The minimum atomic E-state index is -4.40. The third kappa shape index (κ3) is 4.16. The van der Waals surface area contributed by atoms with E-state index in [1.165, 1.54) is 11.0 Å². The summed E-state index contributed by atoms with van der Waals surface area (Å²) in [6, 6.07) is 3.03. The Morgan fingerprint density at radius 3 is 2.52 bits per heavy atom. The second-order valence-electron chi connectivity index (χ2n) is 6.53. The SMILES string of the molecule is CN(C(=O)OC(C)(C)C)C1COCc2cc(C(F)(F)F)ccc21. The molecular weight excluding hydrogens is 311 g/mol. The summed E-state index contributed by atoms with van der Waals surface area (Å²) in [4.78, 5) is 13.5. The molecule has 1 aromatic carbocycles. The highest BCUT2D eigenvalue weighted by Gasteiger charge is 2.34. The third-order valence-electron chi connectivity index (χ3n) is 3.51. The van der Waals surface area contributed by atoms with Gasteiger partial charge in [-0.3, -0.25) is 0 Å². The van der Waals surface area contributed by atoms with E-state index in [0.29, 0.717) is 11.1 Å². The highest BCUT2D eigenvalue weighted by Crippen LogP contribution is 2.35. The summed E-state index contributed by atoms with van der Waals surface area (Å²) in [5.41, 5.74) is -0.284. The smallest absolute Gasteiger partial charge is 0.416 e. The van der Waals surface area contributed by atoms with Gasteiger partial charge in [-0.05, 0) is 44.0 Å². The van der Waals surface area contributed by atoms with E-state index in [0.717, 1.165) is 12.1 Å². The van der Waals surface area contributed by atoms with Gasteiger partial charge in [0.05, 0.1) is 24.8 Å². The van der Waals surface area contributed by atoms with Crippen LogP contribution in [0, 0.1) is 0 Å². The number of hydrogen-bond donors (Lipinski definition) is 0. The first-order valence-corrected chi connectivity index (χ1v) is 7.22. The van der Waals surface area contributed by atoms with Crippen molar-refractivity contribution in [3.05, 3.63) is 34.9 Å². The van der Waals surface area contributed by atoms with Gasteiger partial charge in [0, 0.05) is 7.05 Å². The molecule has 128 valence electrons. The lowest BCUT2D eigenvalue weighted by Gasteiger charge is -2.34. The molecule has 0 N–H and O–H groups in total. The average molecular weight is 331 g/mol. The maximum atomic E-state index is 12.8. The first-order valence-electron chi connectivity index (χ1n) is 7.22. The van der Waals surface area contributed by atoms with E-state index in [1.54, 1.807) is 27.8 Å². The molecule has 1 unspecified atom stereocenters. The van der Waals surface area contributed by atoms with Gasteiger partial charge in [0.15, 0.2) is 0 Å². The van der Waals surface area contributed by atoms with Crippen LogP contribution in [0.2, 0.25) is 0 Å². The maximum absolute atomic E-state index is 12.8. The number of carbonyl (C=O) groups is 1. The van der Waals surface area contributed by atoms with Crippen molar-refractivity contribution in [2.24, 2.45) is 0 Å². The lowest BCUT2D eigenvalue weighted by Crippen LogP contribution is -2.39. The zero-order valence-corrected chi connectivity index (χ0v) is 13.5. The monoisotopic (exact) mass is 331 g/mol. The molecule has 1 amide bonds. The van der Waals surface area contributed by atoms with Crippen molar-refractivity contribution < 1.29 is 27.4 Å². The summed E-state index contributed by atoms with van der Waals surface area (Å²) in [6.07, 6.45) is -4.95. The van der Waals surface area contributed by atoms with Crippen LogP contribution in [0.1, 0.15) is 43.5 Å². The molecule has 1 heterocycles. The topological polar surface area (TPSA) is 38.8 Å². The normalized spacial score (nSPS) is 18.3. The van der Waals surface area contributed by atoms with Crippen molar-refractivity contribution in [1.29, 1.82) is 0 Å². The van der Waals surface area contributed by atoms with Gasteiger partial charge in [-0.2, -0.15) is 13.2 Å². The number of rotatable bonds is 1. The van der Waals surface area contributed by atoms with Gasteiger partial charge in [-0.25, -0.2) is 4.79 Å². The molecular formula is C16H20F3NO3. The summed E-state index contributed by atoms with van der Waals surface area (Å²) in [7, 11) is 1.55. The molecule has 23 heavy (non-hydrogen) atoms. The van der Waals surface area contributed by atoms with Crippen LogP contribution in [0.5, 0.6) is 0 Å². The quantitative estimate of drug-likeness (QED) is 0.776. The van der Waals surface area contributed by atoms with E-state index >= 15 is 0 Å². The Hall–Kier alpha value is -1.76. The Morgan fingerprint density at radius 1 is 1.30 bits per heavy atom. The van der Waals surface area contributed by atoms with E-state index in [2.05, 4.69) is 0 Å². The largest absolute Gasteiger partial charge is 0.444 e. The molecule has 0 aromatic heterocycles. The summed E-state index contributed by atoms with van der Waals surface area (Å²) >= 11 is 0. The minimum absolute atomic E-state index is 0.0952. The third-order valence-corrected chi connectivity index (χ3v) is 3.51. The second kappa shape index (κ2) is 6.03. The van der Waals surface area contributed by atoms with Crippen molar-refractivity contribution in [3.63, 3.8) is 0 Å². The zero-order valence-electron chi connectivity index (χ0n) is 13.5. The number of likely N-dealkylation sites (N-methyl/N-ethyl adjacent to an activating group) is 1. The minimum Gasteiger partial charge on any atom is -0.444 e. The van der Waals surface area contributed by atoms with Gasteiger partial charge < -0.3 is 14.4 Å². The van der Waals surface area contributed by atoms with Crippen LogP contribution < -0.4 is 0 Å². The Balaban J connectivity index is 2.26. The number of alkyl halides is 3. The highest BCUT2D eigenvalue weighted by atomic mass is 19.4. The van der Waals surface area contributed by atoms with Crippen molar-refractivity contribution in [3.8, 4) is 0 Å². The van der Waals surface area contributed by atoms with E-state index in [1.807, 2.05) is 0 Å². The summed E-state index contributed by atoms with van der Waals surface area (Å²) < 4.78 is 49.1. The molecule has 1 aliphatic rings. The van der Waals surface area contributed by atoms with Crippen molar-refractivity contribution >= 4 is 6.09 Å². The Kier molecular flexibility index (Phi) is 4.61. The number of benzene rings is 1. The Bertz CT molecular complexity index is 593. The first kappa shape index (κ1) is 17.6. The molecule has 1 aliphatic heterocycles. The molecule has 0 aliphatic carbocycles. The summed E-state index contributed by atoms with van der Waals surface area (Å²) in [5.74, 6) is 0. The van der Waals surface area contributed by atoms with E-state index < -0.39 is 29.5 Å². The zero-order chi connectivity index (χ0) is 17.4. The van der Waals surface area contributed by atoms with Crippen LogP contribution in [0.4, 0.5) is 18.0 Å². The molecule has 2 rings (SSSR count). The second-order valence-corrected chi connectivity index (χ2v) is 6.53. The lowest BCUT2D eigenvalue weighted by molar-refractivity contribution is -0.137. The number of carbonyl (C=O) groups excluding carboxylic acids is 1. The Labute approximate surface area is 133 Å². The lowest BCUT2D eigenvalue weighted by atomic mass is 9.96. The molecule has 1 atom stereocenters.